The summed E-state index contributed by atoms with van der Waals surface area (Å²) in [4.78, 5) is 34.0. The molecule has 1 amide bonds. The molecule has 172 valence electrons. The van der Waals surface area contributed by atoms with Crippen LogP contribution in [-0.4, -0.2) is 40.0 Å². The van der Waals surface area contributed by atoms with Crippen molar-refractivity contribution in [3.8, 4) is 0 Å². The smallest absolute Gasteiger partial charge is 0.376 e. The molecule has 1 saturated heterocycles. The highest BCUT2D eigenvalue weighted by Gasteiger charge is 2.30. The van der Waals surface area contributed by atoms with Crippen LogP contribution >= 0.6 is 0 Å². The average Bonchev–Trinajstić information content (AvgIpc) is 3.30. The predicted molar refractivity (Wildman–Crippen MR) is 117 cm³/mol. The van der Waals surface area contributed by atoms with E-state index in [0.29, 0.717) is 23.3 Å². The monoisotopic (exact) mass is 457 g/mol. The average molecular weight is 457 g/mol. The van der Waals surface area contributed by atoms with E-state index in [1.807, 2.05) is 0 Å². The van der Waals surface area contributed by atoms with Crippen LogP contribution in [0.4, 0.5) is 13.2 Å². The van der Waals surface area contributed by atoms with Gasteiger partial charge < -0.3 is 14.6 Å². The van der Waals surface area contributed by atoms with Crippen molar-refractivity contribution in [3.63, 3.8) is 0 Å². The maximum atomic E-state index is 13.0. The molecule has 33 heavy (non-hydrogen) atoms. The number of benzene rings is 2. The number of carbonyl (C=O) groups excluding carboxylic acids is 1. The van der Waals surface area contributed by atoms with Crippen LogP contribution in [0.5, 0.6) is 0 Å². The van der Waals surface area contributed by atoms with Gasteiger partial charge in [-0.3, -0.25) is 9.59 Å². The minimum Gasteiger partial charge on any atom is -0.376 e. The molecule has 1 atom stereocenters. The molecule has 1 aliphatic heterocycles. The van der Waals surface area contributed by atoms with E-state index in [1.165, 1.54) is 29.2 Å². The van der Waals surface area contributed by atoms with Gasteiger partial charge >= 0.3 is 6.18 Å². The van der Waals surface area contributed by atoms with Crippen LogP contribution in [-0.2, 0) is 22.3 Å². The number of aromatic nitrogens is 2. The van der Waals surface area contributed by atoms with Gasteiger partial charge in [-0.2, -0.15) is 13.2 Å². The number of alkyl halides is 3. The molecule has 0 radical (unpaired) electrons. The van der Waals surface area contributed by atoms with Crippen LogP contribution in [0.2, 0.25) is 0 Å². The topological polar surface area (TPSA) is 75.3 Å². The Hall–Kier alpha value is -3.46. The Morgan fingerprint density at radius 2 is 2.03 bits per heavy atom. The third kappa shape index (κ3) is 5.67. The Kier molecular flexibility index (Phi) is 6.60. The van der Waals surface area contributed by atoms with Crippen LogP contribution in [0, 0.1) is 0 Å². The van der Waals surface area contributed by atoms with Gasteiger partial charge in [-0.25, -0.2) is 4.98 Å². The molecular formula is C24H22F3N3O3. The molecule has 1 fully saturated rings. The lowest BCUT2D eigenvalue weighted by Crippen LogP contribution is -2.36. The number of hydrogen-bond acceptors (Lipinski definition) is 4. The molecule has 3 aromatic rings. The lowest BCUT2D eigenvalue weighted by atomic mass is 10.1. The van der Waals surface area contributed by atoms with Crippen LogP contribution in [0.25, 0.3) is 17.0 Å². The number of nitrogens with one attached hydrogen (secondary N) is 1. The minimum absolute atomic E-state index is 0.0334. The highest BCUT2D eigenvalue weighted by atomic mass is 19.4. The third-order valence-corrected chi connectivity index (χ3v) is 5.39. The van der Waals surface area contributed by atoms with Gasteiger partial charge in [0.15, 0.2) is 0 Å². The quantitative estimate of drug-likeness (QED) is 0.564. The van der Waals surface area contributed by atoms with E-state index in [0.717, 1.165) is 25.0 Å². The number of amides is 1. The van der Waals surface area contributed by atoms with Crippen LogP contribution in [0.1, 0.15) is 29.8 Å². The van der Waals surface area contributed by atoms with Crippen LogP contribution in [0.3, 0.4) is 0 Å². The molecule has 1 aliphatic rings. The number of hydrogen-bond donors (Lipinski definition) is 1. The van der Waals surface area contributed by atoms with Crippen molar-refractivity contribution in [2.24, 2.45) is 0 Å². The van der Waals surface area contributed by atoms with Gasteiger partial charge in [0.25, 0.3) is 5.56 Å². The second kappa shape index (κ2) is 9.58. The number of H-pyrrole nitrogens is 1. The minimum atomic E-state index is -4.46. The van der Waals surface area contributed by atoms with Crippen molar-refractivity contribution in [2.45, 2.75) is 31.7 Å². The first-order valence-corrected chi connectivity index (χ1v) is 10.5. The summed E-state index contributed by atoms with van der Waals surface area (Å²) in [6, 6.07) is 11.6. The van der Waals surface area contributed by atoms with Crippen LogP contribution in [0.15, 0.2) is 59.4 Å². The summed E-state index contributed by atoms with van der Waals surface area (Å²) >= 11 is 0. The van der Waals surface area contributed by atoms with Gasteiger partial charge in [0.2, 0.25) is 5.91 Å². The number of fused-ring (bicyclic) bond motifs is 1. The highest BCUT2D eigenvalue weighted by Crippen LogP contribution is 2.29. The zero-order valence-corrected chi connectivity index (χ0v) is 17.6. The first kappa shape index (κ1) is 22.7. The number of ether oxygens (including phenoxy) is 1. The summed E-state index contributed by atoms with van der Waals surface area (Å²) in [5.74, 6) is -0.101. The Labute approximate surface area is 187 Å². The van der Waals surface area contributed by atoms with E-state index < -0.39 is 17.6 Å². The molecule has 9 heteroatoms. The standard InChI is InChI=1S/C24H22F3N3O3/c25-24(26,27)17-6-3-5-16(13-17)10-11-22(31)30(14-18-7-4-12-33-18)15-21-28-20-9-2-1-8-19(20)23(32)29-21/h1-3,5-6,8-11,13,18H,4,7,12,14-15H2,(H,28,29,32)/b11-10+. The maximum absolute atomic E-state index is 13.0. The molecule has 4 rings (SSSR count). The third-order valence-electron chi connectivity index (χ3n) is 5.39. The first-order valence-electron chi connectivity index (χ1n) is 10.5. The molecule has 1 aromatic heterocycles. The largest absolute Gasteiger partial charge is 0.416 e. The van der Waals surface area contributed by atoms with Gasteiger partial charge in [0, 0.05) is 19.2 Å². The highest BCUT2D eigenvalue weighted by molar-refractivity contribution is 5.91. The van der Waals surface area contributed by atoms with Gasteiger partial charge in [-0.05, 0) is 48.7 Å². The van der Waals surface area contributed by atoms with Gasteiger partial charge in [-0.15, -0.1) is 0 Å². The van der Waals surface area contributed by atoms with Crippen molar-refractivity contribution in [1.29, 1.82) is 0 Å². The Bertz CT molecular complexity index is 1230. The fraction of sp³-hybridized carbons (Fsp3) is 0.292. The van der Waals surface area contributed by atoms with E-state index >= 15 is 0 Å². The van der Waals surface area contributed by atoms with E-state index in [9.17, 15) is 22.8 Å². The fourth-order valence-electron chi connectivity index (χ4n) is 3.75. The number of carbonyl (C=O) groups is 1. The van der Waals surface area contributed by atoms with Gasteiger partial charge in [-0.1, -0.05) is 24.3 Å². The fourth-order valence-corrected chi connectivity index (χ4v) is 3.75. The van der Waals surface area contributed by atoms with Crippen molar-refractivity contribution < 1.29 is 22.7 Å². The Balaban J connectivity index is 1.57. The second-order valence-corrected chi connectivity index (χ2v) is 7.84. The van der Waals surface area contributed by atoms with E-state index in [2.05, 4.69) is 9.97 Å². The predicted octanol–water partition coefficient (Wildman–Crippen LogP) is 4.16. The molecule has 2 heterocycles. The molecule has 0 bridgehead atoms. The molecule has 0 spiro atoms. The summed E-state index contributed by atoms with van der Waals surface area (Å²) in [6.45, 7) is 0.922. The number of halogens is 3. The lowest BCUT2D eigenvalue weighted by molar-refractivity contribution is -0.137. The summed E-state index contributed by atoms with van der Waals surface area (Å²) < 4.78 is 44.5. The molecule has 6 nitrogen and oxygen atoms in total. The Morgan fingerprint density at radius 3 is 2.79 bits per heavy atom. The number of para-hydroxylation sites is 1. The molecule has 1 N–H and O–H groups in total. The van der Waals surface area contributed by atoms with Crippen molar-refractivity contribution >= 4 is 22.9 Å². The summed E-state index contributed by atoms with van der Waals surface area (Å²) in [6.07, 6.45) is -0.364. The van der Waals surface area contributed by atoms with Crippen LogP contribution < -0.4 is 5.56 Å². The zero-order valence-electron chi connectivity index (χ0n) is 17.6. The van der Waals surface area contributed by atoms with E-state index in [4.69, 9.17) is 4.74 Å². The SMILES string of the molecule is O=C(/C=C/c1cccc(C(F)(F)F)c1)N(Cc1nc2ccccc2c(=O)[nH]1)CC1CCCO1. The summed E-state index contributed by atoms with van der Waals surface area (Å²) in [5.41, 5.74) is -0.321. The zero-order chi connectivity index (χ0) is 23.4. The maximum Gasteiger partial charge on any atom is 0.416 e. The first-order chi connectivity index (χ1) is 15.8. The normalized spacial score (nSPS) is 16.5. The number of aromatic amines is 1. The molecule has 0 aliphatic carbocycles. The second-order valence-electron chi connectivity index (χ2n) is 7.84. The molecular weight excluding hydrogens is 435 g/mol. The van der Waals surface area contributed by atoms with Crippen molar-refractivity contribution in [3.05, 3.63) is 81.9 Å². The van der Waals surface area contributed by atoms with Crippen molar-refractivity contribution in [1.82, 2.24) is 14.9 Å². The van der Waals surface area contributed by atoms with E-state index in [1.54, 1.807) is 24.3 Å². The molecule has 2 aromatic carbocycles. The molecule has 1 unspecified atom stereocenters. The molecule has 0 saturated carbocycles. The number of rotatable bonds is 6. The Morgan fingerprint density at radius 1 is 1.21 bits per heavy atom. The van der Waals surface area contributed by atoms with E-state index in [-0.39, 0.29) is 30.3 Å². The van der Waals surface area contributed by atoms with Gasteiger partial charge in [0.05, 0.1) is 29.1 Å². The van der Waals surface area contributed by atoms with Crippen molar-refractivity contribution in [2.75, 3.05) is 13.2 Å². The lowest BCUT2D eigenvalue weighted by Gasteiger charge is -2.24. The van der Waals surface area contributed by atoms with Gasteiger partial charge in [0.1, 0.15) is 5.82 Å². The number of nitrogens with zero attached hydrogens (tertiary/aromatic N) is 2. The summed E-state index contributed by atoms with van der Waals surface area (Å²) in [7, 11) is 0. The summed E-state index contributed by atoms with van der Waals surface area (Å²) in [5, 5.41) is 0.447.